The van der Waals surface area contributed by atoms with E-state index < -0.39 is 11.7 Å². The summed E-state index contributed by atoms with van der Waals surface area (Å²) in [7, 11) is 0. The molecule has 0 aliphatic heterocycles. The Labute approximate surface area is 144 Å². The molecule has 2 aromatic carbocycles. The zero-order valence-corrected chi connectivity index (χ0v) is 14.4. The van der Waals surface area contributed by atoms with Crippen LogP contribution < -0.4 is 5.32 Å². The number of rotatable bonds is 3. The molecule has 0 radical (unpaired) electrons. The Hall–Kier alpha value is -2.12. The van der Waals surface area contributed by atoms with E-state index in [0.717, 1.165) is 22.7 Å². The average Bonchev–Trinajstić information content (AvgIpc) is 3.00. The topological polar surface area (TPSA) is 54.9 Å². The molecule has 7 heteroatoms. The van der Waals surface area contributed by atoms with Crippen molar-refractivity contribution in [1.29, 1.82) is 0 Å². The lowest BCUT2D eigenvalue weighted by Gasteiger charge is -2.06. The highest BCUT2D eigenvalue weighted by Gasteiger charge is 2.19. The number of halogens is 2. The molecular formula is C16H11BrFN3OS. The lowest BCUT2D eigenvalue weighted by molar-refractivity contribution is 0.103. The first-order valence-corrected chi connectivity index (χ1v) is 8.27. The quantitative estimate of drug-likeness (QED) is 0.705. The Morgan fingerprint density at radius 2 is 1.96 bits per heavy atom. The van der Waals surface area contributed by atoms with E-state index >= 15 is 0 Å². The Morgan fingerprint density at radius 3 is 2.65 bits per heavy atom. The summed E-state index contributed by atoms with van der Waals surface area (Å²) in [4.78, 5) is 12.8. The number of hydrogen-bond donors (Lipinski definition) is 1. The maximum atomic E-state index is 13.8. The molecule has 23 heavy (non-hydrogen) atoms. The van der Waals surface area contributed by atoms with Crippen LogP contribution in [0.3, 0.4) is 0 Å². The predicted octanol–water partition coefficient (Wildman–Crippen LogP) is 4.67. The van der Waals surface area contributed by atoms with Crippen LogP contribution in [0.2, 0.25) is 0 Å². The van der Waals surface area contributed by atoms with Gasteiger partial charge in [-0.3, -0.25) is 4.79 Å². The smallest absolute Gasteiger partial charge is 0.269 e. The summed E-state index contributed by atoms with van der Waals surface area (Å²) in [5.74, 6) is -0.945. The Morgan fingerprint density at radius 1 is 1.22 bits per heavy atom. The third-order valence-electron chi connectivity index (χ3n) is 3.20. The van der Waals surface area contributed by atoms with Crippen molar-refractivity contribution < 1.29 is 9.18 Å². The van der Waals surface area contributed by atoms with Crippen LogP contribution in [0.1, 0.15) is 15.2 Å². The van der Waals surface area contributed by atoms with Gasteiger partial charge in [-0.1, -0.05) is 50.2 Å². The monoisotopic (exact) mass is 391 g/mol. The summed E-state index contributed by atoms with van der Waals surface area (Å²) in [6.07, 6.45) is 0. The van der Waals surface area contributed by atoms with Crippen LogP contribution in [-0.2, 0) is 0 Å². The van der Waals surface area contributed by atoms with Gasteiger partial charge in [0.15, 0.2) is 0 Å². The summed E-state index contributed by atoms with van der Waals surface area (Å²) in [5.41, 5.74) is 2.51. The van der Waals surface area contributed by atoms with E-state index in [1.165, 1.54) is 12.1 Å². The maximum absolute atomic E-state index is 13.8. The molecule has 0 fully saturated rings. The average molecular weight is 392 g/mol. The van der Waals surface area contributed by atoms with Gasteiger partial charge in [0.25, 0.3) is 5.91 Å². The van der Waals surface area contributed by atoms with E-state index in [1.54, 1.807) is 6.07 Å². The lowest BCUT2D eigenvalue weighted by Crippen LogP contribution is -2.12. The van der Waals surface area contributed by atoms with Crippen LogP contribution in [0.5, 0.6) is 0 Å². The van der Waals surface area contributed by atoms with E-state index in [4.69, 9.17) is 0 Å². The minimum Gasteiger partial charge on any atom is -0.319 e. The Bertz CT molecular complexity index is 864. The van der Waals surface area contributed by atoms with Crippen molar-refractivity contribution in [3.8, 4) is 11.3 Å². The van der Waals surface area contributed by atoms with Crippen molar-refractivity contribution >= 4 is 39.1 Å². The fourth-order valence-corrected chi connectivity index (χ4v) is 2.93. The molecule has 0 spiro atoms. The molecule has 1 N–H and O–H groups in total. The fraction of sp³-hybridized carbons (Fsp3) is 0.0625. The normalized spacial score (nSPS) is 10.6. The molecule has 0 aliphatic rings. The zero-order valence-electron chi connectivity index (χ0n) is 12.0. The van der Waals surface area contributed by atoms with Gasteiger partial charge in [-0.15, -0.1) is 5.10 Å². The minimum atomic E-state index is -0.512. The molecule has 0 aliphatic carbocycles. The van der Waals surface area contributed by atoms with Gasteiger partial charge >= 0.3 is 0 Å². The number of aromatic nitrogens is 2. The number of nitrogens with one attached hydrogen (secondary N) is 1. The number of nitrogens with zero attached hydrogens (tertiary/aromatic N) is 2. The van der Waals surface area contributed by atoms with E-state index in [-0.39, 0.29) is 5.69 Å². The summed E-state index contributed by atoms with van der Waals surface area (Å²) in [6, 6.07) is 12.1. The van der Waals surface area contributed by atoms with Crippen LogP contribution in [0.4, 0.5) is 10.1 Å². The van der Waals surface area contributed by atoms with E-state index in [0.29, 0.717) is 15.0 Å². The Kier molecular flexibility index (Phi) is 4.49. The first kappa shape index (κ1) is 15.8. The molecule has 0 saturated carbocycles. The molecule has 0 atom stereocenters. The zero-order chi connectivity index (χ0) is 16.4. The molecule has 3 rings (SSSR count). The predicted molar refractivity (Wildman–Crippen MR) is 92.1 cm³/mol. The minimum absolute atomic E-state index is 0.112. The van der Waals surface area contributed by atoms with E-state index in [1.807, 2.05) is 31.2 Å². The number of aryl methyl sites for hydroxylation is 1. The molecule has 3 aromatic rings. The van der Waals surface area contributed by atoms with Gasteiger partial charge < -0.3 is 5.32 Å². The van der Waals surface area contributed by atoms with Crippen molar-refractivity contribution in [1.82, 2.24) is 9.59 Å². The first-order chi connectivity index (χ1) is 11.0. The van der Waals surface area contributed by atoms with Gasteiger partial charge in [-0.05, 0) is 36.7 Å². The molecule has 1 amide bonds. The molecule has 4 nitrogen and oxygen atoms in total. The number of anilines is 1. The second-order valence-corrected chi connectivity index (χ2v) is 6.56. The second kappa shape index (κ2) is 6.55. The van der Waals surface area contributed by atoms with Gasteiger partial charge in [0, 0.05) is 10.0 Å². The number of amides is 1. The van der Waals surface area contributed by atoms with Crippen molar-refractivity contribution in [3.05, 3.63) is 63.2 Å². The van der Waals surface area contributed by atoms with Crippen molar-refractivity contribution in [3.63, 3.8) is 0 Å². The van der Waals surface area contributed by atoms with Gasteiger partial charge in [-0.2, -0.15) is 0 Å². The number of hydrogen-bond acceptors (Lipinski definition) is 4. The molecule has 116 valence electrons. The summed E-state index contributed by atoms with van der Waals surface area (Å²) in [6.45, 7) is 1.98. The van der Waals surface area contributed by atoms with Crippen LogP contribution in [-0.4, -0.2) is 15.5 Å². The van der Waals surface area contributed by atoms with Crippen molar-refractivity contribution in [2.75, 3.05) is 5.32 Å². The van der Waals surface area contributed by atoms with Crippen molar-refractivity contribution in [2.45, 2.75) is 6.92 Å². The largest absolute Gasteiger partial charge is 0.319 e. The standard InChI is InChI=1S/C16H11BrFN3OS/c1-9-2-4-10(5-3-9)14-15(23-21-20-14)16(22)19-13-7-6-11(17)8-12(13)18/h2-8H,1H3,(H,19,22). The SMILES string of the molecule is Cc1ccc(-c2nnsc2C(=O)Nc2ccc(Br)cc2F)cc1. The highest BCUT2D eigenvalue weighted by Crippen LogP contribution is 2.26. The highest BCUT2D eigenvalue weighted by molar-refractivity contribution is 9.10. The molecule has 0 bridgehead atoms. The molecule has 0 unspecified atom stereocenters. The van der Waals surface area contributed by atoms with Gasteiger partial charge in [0.1, 0.15) is 16.4 Å². The number of benzene rings is 2. The van der Waals surface area contributed by atoms with Crippen LogP contribution >= 0.6 is 27.5 Å². The summed E-state index contributed by atoms with van der Waals surface area (Å²) in [5, 5.41) is 6.58. The van der Waals surface area contributed by atoms with E-state index in [9.17, 15) is 9.18 Å². The Balaban J connectivity index is 1.89. The van der Waals surface area contributed by atoms with Crippen molar-refractivity contribution in [2.24, 2.45) is 0 Å². The molecule has 1 aromatic heterocycles. The fourth-order valence-electron chi connectivity index (χ4n) is 2.01. The molecule has 1 heterocycles. The molecular weight excluding hydrogens is 381 g/mol. The molecule has 0 saturated heterocycles. The van der Waals surface area contributed by atoms with Crippen LogP contribution in [0.25, 0.3) is 11.3 Å². The number of carbonyl (C=O) groups excluding carboxylic acids is 1. The summed E-state index contributed by atoms with van der Waals surface area (Å²) >= 11 is 4.16. The van der Waals surface area contributed by atoms with Crippen LogP contribution in [0.15, 0.2) is 46.9 Å². The van der Waals surface area contributed by atoms with Gasteiger partial charge in [0.05, 0.1) is 5.69 Å². The van der Waals surface area contributed by atoms with Gasteiger partial charge in [-0.25, -0.2) is 4.39 Å². The van der Waals surface area contributed by atoms with Gasteiger partial charge in [0.2, 0.25) is 0 Å². The van der Waals surface area contributed by atoms with Crippen LogP contribution in [0, 0.1) is 12.7 Å². The highest BCUT2D eigenvalue weighted by atomic mass is 79.9. The van der Waals surface area contributed by atoms with E-state index in [2.05, 4.69) is 30.8 Å². The maximum Gasteiger partial charge on any atom is 0.269 e. The third-order valence-corrected chi connectivity index (χ3v) is 4.42. The second-order valence-electron chi connectivity index (χ2n) is 4.89. The lowest BCUT2D eigenvalue weighted by atomic mass is 10.1. The number of carbonyl (C=O) groups is 1. The summed E-state index contributed by atoms with van der Waals surface area (Å²) < 4.78 is 18.3. The first-order valence-electron chi connectivity index (χ1n) is 6.70. The third kappa shape index (κ3) is 3.46.